The van der Waals surface area contributed by atoms with Crippen molar-refractivity contribution in [3.8, 4) is 0 Å². The monoisotopic (exact) mass is 503 g/mol. The van der Waals surface area contributed by atoms with Crippen molar-refractivity contribution in [3.05, 3.63) is 69.8 Å². The molecule has 0 radical (unpaired) electrons. The molecule has 0 aliphatic rings. The third-order valence-corrected chi connectivity index (χ3v) is 4.77. The second kappa shape index (κ2) is 15.3. The summed E-state index contributed by atoms with van der Waals surface area (Å²) in [6.07, 6.45) is 0.854. The van der Waals surface area contributed by atoms with E-state index in [2.05, 4.69) is 0 Å². The third-order valence-electron chi connectivity index (χ3n) is 4.77. The molecule has 0 bridgehead atoms. The van der Waals surface area contributed by atoms with Crippen LogP contribution in [0.1, 0.15) is 79.8 Å². The summed E-state index contributed by atoms with van der Waals surface area (Å²) in [7, 11) is 1.71. The van der Waals surface area contributed by atoms with E-state index in [1.807, 2.05) is 6.92 Å². The molecule has 1 amide bonds. The summed E-state index contributed by atoms with van der Waals surface area (Å²) < 4.78 is 9.67. The Morgan fingerprint density at radius 1 is 0.722 bits per heavy atom. The number of benzene rings is 2. The number of carboxylic acid groups (broad SMARTS) is 1. The van der Waals surface area contributed by atoms with E-state index < -0.39 is 17.9 Å². The van der Waals surface area contributed by atoms with Crippen molar-refractivity contribution in [2.45, 2.75) is 40.4 Å². The Hall–Kier alpha value is -3.76. The Morgan fingerprint density at radius 2 is 1.14 bits per heavy atom. The average Bonchev–Trinajstić information content (AvgIpc) is 2.88. The number of hydrogen-bond acceptors (Lipinski definition) is 8. The number of carboxylic acids is 1. The highest BCUT2D eigenvalue weighted by Crippen LogP contribution is 2.14. The first-order valence-corrected chi connectivity index (χ1v) is 11.4. The van der Waals surface area contributed by atoms with Crippen molar-refractivity contribution in [2.75, 3.05) is 26.8 Å². The van der Waals surface area contributed by atoms with Crippen LogP contribution >= 0.6 is 0 Å². The lowest BCUT2D eigenvalue weighted by Gasteiger charge is -2.17. The van der Waals surface area contributed by atoms with Gasteiger partial charge in [0.1, 0.15) is 0 Å². The Morgan fingerprint density at radius 3 is 1.53 bits per heavy atom. The van der Waals surface area contributed by atoms with Crippen LogP contribution < -0.4 is 0 Å². The van der Waals surface area contributed by atoms with Crippen LogP contribution in [0.4, 0.5) is 0 Å². The van der Waals surface area contributed by atoms with Crippen LogP contribution in [0.15, 0.2) is 36.4 Å². The zero-order chi connectivity index (χ0) is 27.3. The van der Waals surface area contributed by atoms with Gasteiger partial charge in [-0.3, -0.25) is 4.79 Å². The molecule has 0 fully saturated rings. The molecule has 2 aromatic carbocycles. The first-order chi connectivity index (χ1) is 17.1. The molecule has 0 aliphatic carbocycles. The van der Waals surface area contributed by atoms with Gasteiger partial charge in [-0.05, 0) is 67.8 Å². The number of amides is 1. The largest absolute Gasteiger partial charge is 0.478 e. The molecule has 0 saturated heterocycles. The van der Waals surface area contributed by atoms with Gasteiger partial charge in [-0.15, -0.1) is 0 Å². The predicted octanol–water partition coefficient (Wildman–Crippen LogP) is 2.89. The molecule has 0 spiro atoms. The van der Waals surface area contributed by atoms with Gasteiger partial charge >= 0.3 is 17.9 Å². The third kappa shape index (κ3) is 9.12. The van der Waals surface area contributed by atoms with Crippen molar-refractivity contribution in [3.63, 3.8) is 0 Å². The number of hydrogen-bond donors (Lipinski definition) is 3. The zero-order valence-corrected chi connectivity index (χ0v) is 20.9. The molecule has 36 heavy (non-hydrogen) atoms. The lowest BCUT2D eigenvalue weighted by Crippen LogP contribution is -2.27. The topological polar surface area (TPSA) is 151 Å². The normalized spacial score (nSPS) is 10.1. The van der Waals surface area contributed by atoms with Gasteiger partial charge in [-0.1, -0.05) is 6.92 Å². The summed E-state index contributed by atoms with van der Waals surface area (Å²) in [5, 5.41) is 27.0. The molecule has 0 heterocycles. The zero-order valence-electron chi connectivity index (χ0n) is 20.9. The summed E-state index contributed by atoms with van der Waals surface area (Å²) in [6, 6.07) is 8.58. The van der Waals surface area contributed by atoms with Gasteiger partial charge in [0.2, 0.25) is 0 Å². The summed E-state index contributed by atoms with van der Waals surface area (Å²) in [6.45, 7) is 5.92. The second-order valence-corrected chi connectivity index (χ2v) is 7.63. The van der Waals surface area contributed by atoms with Gasteiger partial charge in [-0.25, -0.2) is 14.4 Å². The van der Waals surface area contributed by atoms with Gasteiger partial charge in [0.05, 0.1) is 43.1 Å². The fraction of sp³-hybridized carbons (Fsp3) is 0.385. The Bertz CT molecular complexity index is 1070. The van der Waals surface area contributed by atoms with E-state index in [4.69, 9.17) is 19.7 Å². The molecule has 2 aromatic rings. The van der Waals surface area contributed by atoms with Gasteiger partial charge in [0.25, 0.3) is 5.91 Å². The number of carbonyl (C=O) groups excluding carboxylic acids is 3. The van der Waals surface area contributed by atoms with E-state index in [1.54, 1.807) is 31.9 Å². The van der Waals surface area contributed by atoms with Crippen molar-refractivity contribution < 1.29 is 44.0 Å². The predicted molar refractivity (Wildman–Crippen MR) is 131 cm³/mol. The highest BCUT2D eigenvalue weighted by Gasteiger charge is 2.16. The summed E-state index contributed by atoms with van der Waals surface area (Å²) >= 11 is 0. The smallest absolute Gasteiger partial charge is 0.338 e. The molecule has 2 rings (SSSR count). The highest BCUT2D eigenvalue weighted by atomic mass is 16.5. The minimum atomic E-state index is -1.15. The molecule has 0 saturated carbocycles. The number of rotatable bonds is 10. The van der Waals surface area contributed by atoms with E-state index in [-0.39, 0.29) is 49.0 Å². The maximum Gasteiger partial charge on any atom is 0.338 e. The summed E-state index contributed by atoms with van der Waals surface area (Å²) in [5.41, 5.74) is 1.63. The number of aliphatic hydroxyl groups is 2. The Labute approximate surface area is 210 Å². The minimum Gasteiger partial charge on any atom is -0.478 e. The molecular weight excluding hydrogens is 470 g/mol. The number of carbonyl (C=O) groups is 4. The molecular formula is C26H33NO9. The van der Waals surface area contributed by atoms with Crippen LogP contribution in [0.3, 0.4) is 0 Å². The Kier molecular flexibility index (Phi) is 12.8. The quantitative estimate of drug-likeness (QED) is 0.416. The van der Waals surface area contributed by atoms with Crippen molar-refractivity contribution in [1.29, 1.82) is 0 Å². The van der Waals surface area contributed by atoms with Crippen molar-refractivity contribution in [2.24, 2.45) is 0 Å². The average molecular weight is 504 g/mol. The van der Waals surface area contributed by atoms with Crippen LogP contribution in [0, 0.1) is 0 Å². The molecule has 3 N–H and O–H groups in total. The fourth-order valence-electron chi connectivity index (χ4n) is 3.14. The lowest BCUT2D eigenvalue weighted by atomic mass is 10.0. The number of nitrogens with zero attached hydrogens (tertiary/aromatic N) is 1. The standard InChI is InChI=1S/C15H21NO4.C11H12O5/c1-4-6-16(3)14(18)12-7-11(10-17)8-13(9-12)15(19)20-5-2;1-2-16-11(15)9-4-7(6-12)3-8(5-9)10(13)14/h7-9,17H,4-6,10H2,1-3H3;3-5,12H,2,6H2,1H3,(H,13,14). The summed E-state index contributed by atoms with van der Waals surface area (Å²) in [5.74, 6) is -2.41. The van der Waals surface area contributed by atoms with Gasteiger partial charge in [-0.2, -0.15) is 0 Å². The first kappa shape index (κ1) is 30.3. The van der Waals surface area contributed by atoms with Crippen molar-refractivity contribution >= 4 is 23.8 Å². The highest BCUT2D eigenvalue weighted by molar-refractivity contribution is 5.98. The molecule has 0 atom stereocenters. The Balaban J connectivity index is 0.000000369. The molecule has 196 valence electrons. The minimum absolute atomic E-state index is 0.0467. The van der Waals surface area contributed by atoms with E-state index in [1.165, 1.54) is 30.3 Å². The number of esters is 2. The second-order valence-electron chi connectivity index (χ2n) is 7.63. The van der Waals surface area contributed by atoms with Gasteiger partial charge in [0, 0.05) is 19.2 Å². The van der Waals surface area contributed by atoms with Gasteiger partial charge < -0.3 is 29.7 Å². The number of ether oxygens (including phenoxy) is 2. The van der Waals surface area contributed by atoms with Crippen LogP contribution in [-0.2, 0) is 22.7 Å². The van der Waals surface area contributed by atoms with Crippen LogP contribution in [0.2, 0.25) is 0 Å². The summed E-state index contributed by atoms with van der Waals surface area (Å²) in [4.78, 5) is 47.7. The van der Waals surface area contributed by atoms with E-state index >= 15 is 0 Å². The van der Waals surface area contributed by atoms with E-state index in [9.17, 15) is 24.3 Å². The molecule has 0 aliphatic heterocycles. The molecule has 0 unspecified atom stereocenters. The van der Waals surface area contributed by atoms with E-state index in [0.717, 1.165) is 6.42 Å². The van der Waals surface area contributed by atoms with Crippen LogP contribution in [-0.4, -0.2) is 70.8 Å². The van der Waals surface area contributed by atoms with Crippen molar-refractivity contribution in [1.82, 2.24) is 4.90 Å². The molecule has 10 heteroatoms. The van der Waals surface area contributed by atoms with E-state index in [0.29, 0.717) is 23.2 Å². The number of aromatic carboxylic acids is 1. The van der Waals surface area contributed by atoms with Crippen LogP contribution in [0.5, 0.6) is 0 Å². The first-order valence-electron chi connectivity index (χ1n) is 11.4. The fourth-order valence-corrected chi connectivity index (χ4v) is 3.14. The SMILES string of the molecule is CCCN(C)C(=O)c1cc(CO)cc(C(=O)OCC)c1.CCOC(=O)c1cc(CO)cc(C(=O)O)c1. The van der Waals surface area contributed by atoms with Crippen LogP contribution in [0.25, 0.3) is 0 Å². The number of aliphatic hydroxyl groups excluding tert-OH is 2. The maximum absolute atomic E-state index is 12.2. The molecule has 10 nitrogen and oxygen atoms in total. The lowest BCUT2D eigenvalue weighted by molar-refractivity contribution is 0.0516. The molecule has 0 aromatic heterocycles. The maximum atomic E-state index is 12.2. The van der Waals surface area contributed by atoms with Gasteiger partial charge in [0.15, 0.2) is 0 Å².